The fraction of sp³-hybridized carbons (Fsp3) is 0.381. The minimum Gasteiger partial charge on any atom is -0.471 e. The monoisotopic (exact) mass is 415 g/mol. The van der Waals surface area contributed by atoms with Crippen molar-refractivity contribution in [1.82, 2.24) is 24.9 Å². The van der Waals surface area contributed by atoms with E-state index in [0.717, 1.165) is 34.7 Å². The molecule has 0 radical (unpaired) electrons. The lowest BCUT2D eigenvalue weighted by Gasteiger charge is -2.08. The molecule has 0 fully saturated rings. The molecule has 0 atom stereocenters. The van der Waals surface area contributed by atoms with E-state index in [1.165, 1.54) is 0 Å². The lowest BCUT2D eigenvalue weighted by Crippen LogP contribution is -2.26. The Balaban J connectivity index is 1.45. The molecule has 1 amide bonds. The first-order valence-corrected chi connectivity index (χ1v) is 9.93. The van der Waals surface area contributed by atoms with E-state index < -0.39 is 0 Å². The van der Waals surface area contributed by atoms with Gasteiger partial charge in [0.05, 0.1) is 16.4 Å². The van der Waals surface area contributed by atoms with Gasteiger partial charge in [0.25, 0.3) is 5.91 Å². The maximum absolute atomic E-state index is 12.3. The van der Waals surface area contributed by atoms with Gasteiger partial charge in [-0.3, -0.25) is 9.48 Å². The van der Waals surface area contributed by atoms with Crippen molar-refractivity contribution in [3.8, 4) is 5.75 Å². The number of aryl methyl sites for hydroxylation is 4. The van der Waals surface area contributed by atoms with Crippen LogP contribution in [0.3, 0.4) is 0 Å². The highest BCUT2D eigenvalue weighted by Gasteiger charge is 2.11. The van der Waals surface area contributed by atoms with Gasteiger partial charge in [-0.25, -0.2) is 4.68 Å². The van der Waals surface area contributed by atoms with Crippen LogP contribution in [0.25, 0.3) is 0 Å². The summed E-state index contributed by atoms with van der Waals surface area (Å²) < 4.78 is 9.23. The fourth-order valence-corrected chi connectivity index (χ4v) is 3.26. The summed E-state index contributed by atoms with van der Waals surface area (Å²) >= 11 is 6.15. The highest BCUT2D eigenvalue weighted by atomic mass is 35.5. The van der Waals surface area contributed by atoms with Crippen molar-refractivity contribution >= 4 is 17.5 Å². The van der Waals surface area contributed by atoms with Crippen LogP contribution in [0, 0.1) is 27.7 Å². The van der Waals surface area contributed by atoms with Gasteiger partial charge in [0, 0.05) is 19.3 Å². The van der Waals surface area contributed by atoms with Crippen molar-refractivity contribution in [1.29, 1.82) is 0 Å². The average Bonchev–Trinajstić information content (AvgIpc) is 3.24. The van der Waals surface area contributed by atoms with E-state index in [1.807, 2.05) is 44.5 Å². The van der Waals surface area contributed by atoms with Gasteiger partial charge in [0.15, 0.2) is 6.73 Å². The van der Waals surface area contributed by atoms with Crippen molar-refractivity contribution < 1.29 is 9.53 Å². The standard InChI is InChI=1S/C21H26ClN5O2/c1-14-10-15(2)12-18(11-14)29-13-26-9-6-19(25-26)21(28)23-7-5-8-27-17(4)20(22)16(3)24-27/h6,9-12H,5,7-8,13H2,1-4H3,(H,23,28). The summed E-state index contributed by atoms with van der Waals surface area (Å²) in [5, 5.41) is 12.2. The number of halogens is 1. The van der Waals surface area contributed by atoms with Crippen molar-refractivity contribution in [3.05, 3.63) is 63.7 Å². The Bertz CT molecular complexity index is 988. The molecule has 0 saturated carbocycles. The van der Waals surface area contributed by atoms with Crippen LogP contribution in [0.1, 0.15) is 39.4 Å². The van der Waals surface area contributed by atoms with Gasteiger partial charge in [-0.15, -0.1) is 0 Å². The zero-order chi connectivity index (χ0) is 21.0. The second kappa shape index (κ2) is 9.13. The Morgan fingerprint density at radius 3 is 2.52 bits per heavy atom. The smallest absolute Gasteiger partial charge is 0.271 e. The summed E-state index contributed by atoms with van der Waals surface area (Å²) in [4.78, 5) is 12.3. The van der Waals surface area contributed by atoms with E-state index in [-0.39, 0.29) is 12.6 Å². The topological polar surface area (TPSA) is 74.0 Å². The van der Waals surface area contributed by atoms with Crippen LogP contribution in [0.15, 0.2) is 30.5 Å². The van der Waals surface area contributed by atoms with Gasteiger partial charge in [0.2, 0.25) is 0 Å². The molecule has 1 aromatic carbocycles. The second-order valence-corrected chi connectivity index (χ2v) is 7.53. The Hall–Kier alpha value is -2.80. The normalized spacial score (nSPS) is 10.9. The number of hydrogen-bond donors (Lipinski definition) is 1. The largest absolute Gasteiger partial charge is 0.471 e. The van der Waals surface area contributed by atoms with Gasteiger partial charge < -0.3 is 10.1 Å². The number of ether oxygens (including phenoxy) is 1. The molecule has 0 aliphatic carbocycles. The highest BCUT2D eigenvalue weighted by Crippen LogP contribution is 2.19. The Labute approximate surface area is 175 Å². The first kappa shape index (κ1) is 20.9. The molecule has 29 heavy (non-hydrogen) atoms. The number of carbonyl (C=O) groups excluding carboxylic acids is 1. The summed E-state index contributed by atoms with van der Waals surface area (Å²) in [5.41, 5.74) is 4.41. The minimum atomic E-state index is -0.207. The lowest BCUT2D eigenvalue weighted by molar-refractivity contribution is 0.0945. The zero-order valence-corrected chi connectivity index (χ0v) is 18.0. The molecule has 2 aromatic heterocycles. The van der Waals surface area contributed by atoms with Crippen LogP contribution < -0.4 is 10.1 Å². The minimum absolute atomic E-state index is 0.207. The van der Waals surface area contributed by atoms with Gasteiger partial charge in [-0.05, 0) is 63.4 Å². The molecule has 7 nitrogen and oxygen atoms in total. The molecule has 154 valence electrons. The van der Waals surface area contributed by atoms with E-state index in [9.17, 15) is 4.79 Å². The predicted molar refractivity (Wildman–Crippen MR) is 112 cm³/mol. The third-order valence-electron chi connectivity index (χ3n) is 4.56. The molecule has 0 bridgehead atoms. The highest BCUT2D eigenvalue weighted by molar-refractivity contribution is 6.31. The van der Waals surface area contributed by atoms with Gasteiger partial charge in [-0.2, -0.15) is 10.2 Å². The number of carbonyl (C=O) groups is 1. The molecule has 1 N–H and O–H groups in total. The predicted octanol–water partition coefficient (Wildman–Crippen LogP) is 3.82. The van der Waals surface area contributed by atoms with Gasteiger partial charge >= 0.3 is 0 Å². The molecule has 2 heterocycles. The Morgan fingerprint density at radius 2 is 1.86 bits per heavy atom. The van der Waals surface area contributed by atoms with Crippen molar-refractivity contribution in [2.75, 3.05) is 6.54 Å². The molecular formula is C21H26ClN5O2. The van der Waals surface area contributed by atoms with Crippen molar-refractivity contribution in [2.24, 2.45) is 0 Å². The van der Waals surface area contributed by atoms with Crippen LogP contribution in [0.2, 0.25) is 5.02 Å². The molecule has 8 heteroatoms. The summed E-state index contributed by atoms with van der Waals surface area (Å²) in [6.07, 6.45) is 2.48. The summed E-state index contributed by atoms with van der Waals surface area (Å²) in [7, 11) is 0. The second-order valence-electron chi connectivity index (χ2n) is 7.15. The van der Waals surface area contributed by atoms with Crippen molar-refractivity contribution in [2.45, 2.75) is 47.4 Å². The maximum Gasteiger partial charge on any atom is 0.271 e. The number of hydrogen-bond acceptors (Lipinski definition) is 4. The number of benzene rings is 1. The number of amides is 1. The molecule has 0 saturated heterocycles. The van der Waals surface area contributed by atoms with E-state index >= 15 is 0 Å². The molecule has 3 aromatic rings. The lowest BCUT2D eigenvalue weighted by atomic mass is 10.1. The Kier molecular flexibility index (Phi) is 6.59. The number of nitrogens with zero attached hydrogens (tertiary/aromatic N) is 4. The van der Waals surface area contributed by atoms with E-state index in [1.54, 1.807) is 16.9 Å². The molecule has 0 unspecified atom stereocenters. The van der Waals surface area contributed by atoms with E-state index in [4.69, 9.17) is 16.3 Å². The van der Waals surface area contributed by atoms with E-state index in [0.29, 0.717) is 23.8 Å². The van der Waals surface area contributed by atoms with Gasteiger partial charge in [0.1, 0.15) is 11.4 Å². The van der Waals surface area contributed by atoms with E-state index in [2.05, 4.69) is 21.6 Å². The number of rotatable bonds is 8. The van der Waals surface area contributed by atoms with Crippen LogP contribution in [0.5, 0.6) is 5.75 Å². The van der Waals surface area contributed by atoms with Crippen LogP contribution >= 0.6 is 11.6 Å². The molecule has 0 aliphatic heterocycles. The van der Waals surface area contributed by atoms with Crippen LogP contribution in [-0.4, -0.2) is 32.0 Å². The zero-order valence-electron chi connectivity index (χ0n) is 17.2. The summed E-state index contributed by atoms with van der Waals surface area (Å²) in [6, 6.07) is 7.72. The maximum atomic E-state index is 12.3. The molecular weight excluding hydrogens is 390 g/mol. The average molecular weight is 416 g/mol. The third-order valence-corrected chi connectivity index (χ3v) is 5.10. The van der Waals surface area contributed by atoms with Gasteiger partial charge in [-0.1, -0.05) is 17.7 Å². The third kappa shape index (κ3) is 5.38. The SMILES string of the molecule is Cc1cc(C)cc(OCn2ccc(C(=O)NCCCn3nc(C)c(Cl)c3C)n2)c1. The quantitative estimate of drug-likeness (QED) is 0.567. The summed E-state index contributed by atoms with van der Waals surface area (Å²) in [6.45, 7) is 9.34. The summed E-state index contributed by atoms with van der Waals surface area (Å²) in [5.74, 6) is 0.579. The number of nitrogens with one attached hydrogen (secondary N) is 1. The first-order valence-electron chi connectivity index (χ1n) is 9.55. The molecule has 3 rings (SSSR count). The van der Waals surface area contributed by atoms with Crippen LogP contribution in [-0.2, 0) is 13.3 Å². The number of aromatic nitrogens is 4. The van der Waals surface area contributed by atoms with Crippen LogP contribution in [0.4, 0.5) is 0 Å². The fourth-order valence-electron chi connectivity index (χ4n) is 3.13. The molecule has 0 aliphatic rings. The van der Waals surface area contributed by atoms with Crippen molar-refractivity contribution in [3.63, 3.8) is 0 Å². The first-order chi connectivity index (χ1) is 13.8. The molecule has 0 spiro atoms. The Morgan fingerprint density at radius 1 is 1.14 bits per heavy atom.